The number of pyridine rings is 1. The highest BCUT2D eigenvalue weighted by atomic mass is 15.3. The molecule has 0 unspecified atom stereocenters. The van der Waals surface area contributed by atoms with Gasteiger partial charge in [-0.1, -0.05) is 18.2 Å². The fourth-order valence-electron chi connectivity index (χ4n) is 1.97. The summed E-state index contributed by atoms with van der Waals surface area (Å²) in [5, 5.41) is 6.35. The lowest BCUT2D eigenvalue weighted by molar-refractivity contribution is 0.907. The maximum Gasteiger partial charge on any atom is 0.0837 e. The van der Waals surface area contributed by atoms with Gasteiger partial charge in [-0.3, -0.25) is 4.98 Å². The summed E-state index contributed by atoms with van der Waals surface area (Å²) in [7, 11) is 1.76. The number of rotatable bonds is 2. The zero-order valence-electron chi connectivity index (χ0n) is 9.44. The molecule has 2 N–H and O–H groups in total. The van der Waals surface area contributed by atoms with Crippen molar-refractivity contribution in [3.63, 3.8) is 0 Å². The predicted octanol–water partition coefficient (Wildman–Crippen LogP) is 2.27. The van der Waals surface area contributed by atoms with Crippen LogP contribution in [0.5, 0.6) is 0 Å². The van der Waals surface area contributed by atoms with E-state index in [2.05, 4.69) is 32.6 Å². The van der Waals surface area contributed by atoms with E-state index in [0.29, 0.717) is 0 Å². The van der Waals surface area contributed by atoms with E-state index < -0.39 is 0 Å². The number of hydrogen-bond acceptors (Lipinski definition) is 3. The van der Waals surface area contributed by atoms with Crippen LogP contribution in [0.2, 0.25) is 0 Å². The average molecular weight is 224 g/mol. The number of H-pyrrole nitrogens is 1. The molecule has 0 aliphatic carbocycles. The number of aromatic amines is 1. The predicted molar refractivity (Wildman–Crippen MR) is 70.3 cm³/mol. The van der Waals surface area contributed by atoms with Crippen LogP contribution in [-0.2, 0) is 0 Å². The van der Waals surface area contributed by atoms with E-state index in [1.165, 1.54) is 10.8 Å². The zero-order valence-corrected chi connectivity index (χ0v) is 9.44. The van der Waals surface area contributed by atoms with Crippen molar-refractivity contribution in [2.45, 2.75) is 0 Å². The SMILES string of the molecule is CN/N=C/c1cc2c(cn1)[nH]c1ccccc12. The molecule has 0 saturated carbocycles. The number of nitrogens with one attached hydrogen (secondary N) is 2. The maximum atomic E-state index is 4.32. The highest BCUT2D eigenvalue weighted by molar-refractivity contribution is 6.07. The Morgan fingerprint density at radius 1 is 1.24 bits per heavy atom. The van der Waals surface area contributed by atoms with Crippen molar-refractivity contribution in [2.24, 2.45) is 5.10 Å². The minimum atomic E-state index is 0.844. The molecule has 2 heterocycles. The summed E-state index contributed by atoms with van der Waals surface area (Å²) in [6, 6.07) is 10.3. The van der Waals surface area contributed by atoms with E-state index in [1.807, 2.05) is 24.4 Å². The van der Waals surface area contributed by atoms with E-state index in [0.717, 1.165) is 16.7 Å². The molecule has 0 radical (unpaired) electrons. The standard InChI is InChI=1S/C13H12N4/c1-14-16-7-9-6-11-10-4-2-3-5-12(10)17-13(11)8-15-9/h2-8,14,17H,1H3/b16-7+. The largest absolute Gasteiger partial charge is 0.353 e. The van der Waals surface area contributed by atoms with Crippen molar-refractivity contribution in [1.82, 2.24) is 15.4 Å². The summed E-state index contributed by atoms with van der Waals surface area (Å²) in [6.07, 6.45) is 3.55. The van der Waals surface area contributed by atoms with Gasteiger partial charge in [-0.05, 0) is 12.1 Å². The summed E-state index contributed by atoms with van der Waals surface area (Å²) < 4.78 is 0. The summed E-state index contributed by atoms with van der Waals surface area (Å²) in [6.45, 7) is 0. The number of hydrogen-bond donors (Lipinski definition) is 2. The summed E-state index contributed by atoms with van der Waals surface area (Å²) in [5.74, 6) is 0. The molecular formula is C13H12N4. The first kappa shape index (κ1) is 9.84. The number of hydrazone groups is 1. The molecule has 3 rings (SSSR count). The second kappa shape index (κ2) is 3.90. The Labute approximate surface area is 98.4 Å². The van der Waals surface area contributed by atoms with Crippen molar-refractivity contribution in [1.29, 1.82) is 0 Å². The molecule has 84 valence electrons. The van der Waals surface area contributed by atoms with Gasteiger partial charge in [0.2, 0.25) is 0 Å². The van der Waals surface area contributed by atoms with Gasteiger partial charge in [0.25, 0.3) is 0 Å². The molecule has 1 aromatic carbocycles. The Morgan fingerprint density at radius 3 is 3.00 bits per heavy atom. The van der Waals surface area contributed by atoms with E-state index in [4.69, 9.17) is 0 Å². The van der Waals surface area contributed by atoms with Gasteiger partial charge in [0.1, 0.15) is 0 Å². The molecule has 0 aliphatic rings. The molecule has 0 spiro atoms. The first-order chi connectivity index (χ1) is 8.38. The van der Waals surface area contributed by atoms with E-state index in [9.17, 15) is 0 Å². The van der Waals surface area contributed by atoms with Crippen LogP contribution >= 0.6 is 0 Å². The van der Waals surface area contributed by atoms with Crippen molar-refractivity contribution in [3.8, 4) is 0 Å². The van der Waals surface area contributed by atoms with Crippen molar-refractivity contribution in [2.75, 3.05) is 7.05 Å². The van der Waals surface area contributed by atoms with E-state index in [-0.39, 0.29) is 0 Å². The van der Waals surface area contributed by atoms with Crippen LogP contribution in [0.4, 0.5) is 0 Å². The number of nitrogens with zero attached hydrogens (tertiary/aromatic N) is 2. The lowest BCUT2D eigenvalue weighted by Crippen LogP contribution is -1.96. The molecule has 0 saturated heterocycles. The van der Waals surface area contributed by atoms with Gasteiger partial charge in [-0.25, -0.2) is 0 Å². The third-order valence-corrected chi connectivity index (χ3v) is 2.74. The normalized spacial score (nSPS) is 11.6. The topological polar surface area (TPSA) is 53.1 Å². The number of fused-ring (bicyclic) bond motifs is 3. The Morgan fingerprint density at radius 2 is 2.12 bits per heavy atom. The van der Waals surface area contributed by atoms with Crippen LogP contribution in [0.25, 0.3) is 21.8 Å². The molecule has 17 heavy (non-hydrogen) atoms. The van der Waals surface area contributed by atoms with Gasteiger partial charge < -0.3 is 10.4 Å². The molecule has 0 amide bonds. The second-order valence-corrected chi connectivity index (χ2v) is 3.81. The first-order valence-corrected chi connectivity index (χ1v) is 5.45. The van der Waals surface area contributed by atoms with Gasteiger partial charge in [-0.2, -0.15) is 5.10 Å². The Balaban J connectivity index is 2.26. The molecule has 0 atom stereocenters. The average Bonchev–Trinajstić information content (AvgIpc) is 2.74. The maximum absolute atomic E-state index is 4.32. The fourth-order valence-corrected chi connectivity index (χ4v) is 1.97. The monoisotopic (exact) mass is 224 g/mol. The molecule has 0 fully saturated rings. The molecule has 4 nitrogen and oxygen atoms in total. The van der Waals surface area contributed by atoms with Gasteiger partial charge in [0.15, 0.2) is 0 Å². The molecule has 4 heteroatoms. The van der Waals surface area contributed by atoms with Crippen LogP contribution in [0.1, 0.15) is 5.69 Å². The lowest BCUT2D eigenvalue weighted by Gasteiger charge is -1.94. The zero-order chi connectivity index (χ0) is 11.7. The van der Waals surface area contributed by atoms with E-state index >= 15 is 0 Å². The number of para-hydroxylation sites is 1. The Hall–Kier alpha value is -2.36. The fraction of sp³-hybridized carbons (Fsp3) is 0.0769. The quantitative estimate of drug-likeness (QED) is 0.518. The van der Waals surface area contributed by atoms with Crippen LogP contribution in [0.3, 0.4) is 0 Å². The third-order valence-electron chi connectivity index (χ3n) is 2.74. The van der Waals surface area contributed by atoms with Gasteiger partial charge in [-0.15, -0.1) is 0 Å². The molecule has 0 aliphatic heterocycles. The summed E-state index contributed by atoms with van der Waals surface area (Å²) in [4.78, 5) is 7.66. The van der Waals surface area contributed by atoms with Crippen LogP contribution in [-0.4, -0.2) is 23.2 Å². The van der Waals surface area contributed by atoms with Gasteiger partial charge in [0.05, 0.1) is 23.6 Å². The third kappa shape index (κ3) is 1.63. The Kier molecular flexibility index (Phi) is 2.26. The highest BCUT2D eigenvalue weighted by Crippen LogP contribution is 2.24. The molecular weight excluding hydrogens is 212 g/mol. The summed E-state index contributed by atoms with van der Waals surface area (Å²) >= 11 is 0. The van der Waals surface area contributed by atoms with E-state index in [1.54, 1.807) is 13.3 Å². The minimum Gasteiger partial charge on any atom is -0.353 e. The van der Waals surface area contributed by atoms with Crippen molar-refractivity contribution < 1.29 is 0 Å². The van der Waals surface area contributed by atoms with Gasteiger partial charge in [0, 0.05) is 23.3 Å². The van der Waals surface area contributed by atoms with Crippen LogP contribution < -0.4 is 5.43 Å². The lowest BCUT2D eigenvalue weighted by atomic mass is 10.2. The smallest absolute Gasteiger partial charge is 0.0837 e. The molecule has 3 aromatic rings. The van der Waals surface area contributed by atoms with Crippen LogP contribution in [0.15, 0.2) is 41.6 Å². The summed E-state index contributed by atoms with van der Waals surface area (Å²) in [5.41, 5.74) is 5.74. The van der Waals surface area contributed by atoms with Crippen LogP contribution in [0, 0.1) is 0 Å². The minimum absolute atomic E-state index is 0.844. The van der Waals surface area contributed by atoms with Crippen molar-refractivity contribution in [3.05, 3.63) is 42.2 Å². The highest BCUT2D eigenvalue weighted by Gasteiger charge is 2.04. The number of aromatic nitrogens is 2. The second-order valence-electron chi connectivity index (χ2n) is 3.81. The van der Waals surface area contributed by atoms with Gasteiger partial charge >= 0.3 is 0 Å². The molecule has 2 aromatic heterocycles. The molecule has 0 bridgehead atoms. The Bertz CT molecular complexity index is 697. The first-order valence-electron chi connectivity index (χ1n) is 5.45. The number of benzene rings is 1. The van der Waals surface area contributed by atoms with Crippen molar-refractivity contribution >= 4 is 28.0 Å².